The molecule has 0 bridgehead atoms. The number of methoxy groups -OCH3 is 1. The average molecular weight is 537 g/mol. The van der Waals surface area contributed by atoms with Crippen LogP contribution >= 0.6 is 15.9 Å². The van der Waals surface area contributed by atoms with Crippen LogP contribution < -0.4 is 4.74 Å². The van der Waals surface area contributed by atoms with Crippen LogP contribution in [0.5, 0.6) is 5.75 Å². The van der Waals surface area contributed by atoms with Crippen LogP contribution in [-0.4, -0.2) is 80.1 Å². The van der Waals surface area contributed by atoms with Gasteiger partial charge in [-0.25, -0.2) is 0 Å². The molecule has 2 fully saturated rings. The van der Waals surface area contributed by atoms with Crippen LogP contribution in [0.25, 0.3) is 0 Å². The van der Waals surface area contributed by atoms with Crippen LogP contribution in [0.15, 0.2) is 22.7 Å². The van der Waals surface area contributed by atoms with Gasteiger partial charge in [0.2, 0.25) is 5.91 Å². The lowest BCUT2D eigenvalue weighted by molar-refractivity contribution is -0.133. The van der Waals surface area contributed by atoms with Gasteiger partial charge in [-0.2, -0.15) is 0 Å². The number of carbonyl (C=O) groups is 1. The van der Waals surface area contributed by atoms with Crippen LogP contribution in [0.2, 0.25) is 0 Å². The predicted molar refractivity (Wildman–Crippen MR) is 145 cm³/mol. The summed E-state index contributed by atoms with van der Waals surface area (Å²) in [7, 11) is 1.74. The highest BCUT2D eigenvalue weighted by molar-refractivity contribution is 9.10. The minimum absolute atomic E-state index is 0.362. The van der Waals surface area contributed by atoms with Gasteiger partial charge in [-0.3, -0.25) is 4.79 Å². The van der Waals surface area contributed by atoms with E-state index in [0.29, 0.717) is 18.2 Å². The third-order valence-electron chi connectivity index (χ3n) is 7.96. The molecule has 0 N–H and O–H groups in total. The molecule has 1 amide bonds. The zero-order valence-electron chi connectivity index (χ0n) is 21.7. The highest BCUT2D eigenvalue weighted by atomic mass is 79.9. The van der Waals surface area contributed by atoms with Crippen molar-refractivity contribution < 1.29 is 9.53 Å². The van der Waals surface area contributed by atoms with Crippen molar-refractivity contribution in [3.05, 3.63) is 28.2 Å². The molecule has 3 rings (SSSR count). The van der Waals surface area contributed by atoms with Gasteiger partial charge in [0, 0.05) is 30.5 Å². The van der Waals surface area contributed by atoms with Gasteiger partial charge >= 0.3 is 0 Å². The molecule has 1 atom stereocenters. The van der Waals surface area contributed by atoms with E-state index in [1.165, 1.54) is 68.2 Å². The Labute approximate surface area is 216 Å². The Morgan fingerprint density at radius 3 is 2.59 bits per heavy atom. The molecule has 6 heteroatoms. The van der Waals surface area contributed by atoms with Crippen molar-refractivity contribution in [3.8, 4) is 5.75 Å². The topological polar surface area (TPSA) is 36.0 Å². The van der Waals surface area contributed by atoms with Crippen LogP contribution in [0.3, 0.4) is 0 Å². The van der Waals surface area contributed by atoms with Crippen molar-refractivity contribution in [3.63, 3.8) is 0 Å². The summed E-state index contributed by atoms with van der Waals surface area (Å²) in [6.45, 7) is 12.9. The number of halogens is 1. The molecule has 0 aliphatic carbocycles. The Morgan fingerprint density at radius 2 is 1.88 bits per heavy atom. The molecule has 0 radical (unpaired) electrons. The highest BCUT2D eigenvalue weighted by Crippen LogP contribution is 2.29. The van der Waals surface area contributed by atoms with E-state index in [0.717, 1.165) is 50.8 Å². The smallest absolute Gasteiger partial charge is 0.223 e. The zero-order valence-corrected chi connectivity index (χ0v) is 23.3. The lowest BCUT2D eigenvalue weighted by Crippen LogP contribution is -2.41. The van der Waals surface area contributed by atoms with Crippen LogP contribution in [-0.2, 0) is 11.2 Å². The van der Waals surface area contributed by atoms with E-state index in [9.17, 15) is 4.79 Å². The number of amides is 1. The average Bonchev–Trinajstić information content (AvgIpc) is 2.87. The molecule has 1 unspecified atom stereocenters. The second kappa shape index (κ2) is 14.4. The first kappa shape index (κ1) is 27.5. The summed E-state index contributed by atoms with van der Waals surface area (Å²) in [5.41, 5.74) is 1.37. The van der Waals surface area contributed by atoms with Gasteiger partial charge in [-0.1, -0.05) is 29.8 Å². The lowest BCUT2D eigenvalue weighted by Gasteiger charge is -2.35. The molecule has 0 spiro atoms. The molecule has 192 valence electrons. The van der Waals surface area contributed by atoms with Gasteiger partial charge < -0.3 is 19.4 Å². The number of carbonyl (C=O) groups excluding carboxylic acids is 1. The van der Waals surface area contributed by atoms with Gasteiger partial charge in [-0.15, -0.1) is 0 Å². The molecule has 2 heterocycles. The fourth-order valence-corrected chi connectivity index (χ4v) is 6.05. The minimum Gasteiger partial charge on any atom is -0.497 e. The van der Waals surface area contributed by atoms with Gasteiger partial charge in [-0.05, 0) is 113 Å². The van der Waals surface area contributed by atoms with Crippen molar-refractivity contribution >= 4 is 21.8 Å². The quantitative estimate of drug-likeness (QED) is 0.355. The number of hydrogen-bond acceptors (Lipinski definition) is 4. The number of hydrogen-bond donors (Lipinski definition) is 0. The molecule has 1 aromatic carbocycles. The molecule has 2 aliphatic rings. The molecule has 0 saturated carbocycles. The van der Waals surface area contributed by atoms with Crippen molar-refractivity contribution in [1.29, 1.82) is 0 Å². The first-order chi connectivity index (χ1) is 16.5. The first-order valence-electron chi connectivity index (χ1n) is 13.6. The molecule has 2 saturated heterocycles. The summed E-state index contributed by atoms with van der Waals surface area (Å²) in [6.07, 6.45) is 9.35. The Hall–Kier alpha value is -1.11. The van der Waals surface area contributed by atoms with Crippen molar-refractivity contribution in [2.75, 3.05) is 59.5 Å². The number of rotatable bonds is 12. The van der Waals surface area contributed by atoms with E-state index >= 15 is 0 Å². The fourth-order valence-electron chi connectivity index (χ4n) is 5.64. The summed E-state index contributed by atoms with van der Waals surface area (Å²) in [5, 5.41) is 0. The van der Waals surface area contributed by atoms with Crippen LogP contribution in [0.4, 0.5) is 0 Å². The third kappa shape index (κ3) is 8.53. The molecular formula is C28H46BrN3O2. The first-order valence-corrected chi connectivity index (χ1v) is 14.4. The van der Waals surface area contributed by atoms with Crippen molar-refractivity contribution in [2.45, 2.75) is 65.2 Å². The van der Waals surface area contributed by atoms with Gasteiger partial charge in [0.05, 0.1) is 7.11 Å². The van der Waals surface area contributed by atoms with Gasteiger partial charge in [0.15, 0.2) is 0 Å². The van der Waals surface area contributed by atoms with Crippen LogP contribution in [0.1, 0.15) is 64.4 Å². The van der Waals surface area contributed by atoms with E-state index in [1.807, 2.05) is 6.07 Å². The summed E-state index contributed by atoms with van der Waals surface area (Å²) in [5.74, 6) is 2.76. The predicted octanol–water partition coefficient (Wildman–Crippen LogP) is 5.46. The van der Waals surface area contributed by atoms with E-state index < -0.39 is 0 Å². The standard InChI is InChI=1S/C28H46BrN3O2/c1-4-30(5-2)19-14-28(33)32-16-7-9-24(22-32)8-6-15-31-17-12-23(13-18-31)20-25-21-26(34-3)10-11-27(25)29/h10-11,21,23-24H,4-9,12-20,22H2,1-3H3. The Kier molecular flexibility index (Phi) is 11.7. The normalized spacial score (nSPS) is 20.1. The number of nitrogens with zero attached hydrogens (tertiary/aromatic N) is 3. The van der Waals surface area contributed by atoms with Crippen molar-refractivity contribution in [1.82, 2.24) is 14.7 Å². The number of piperidine rings is 2. The Balaban J connectivity index is 1.33. The monoisotopic (exact) mass is 535 g/mol. The molecule has 5 nitrogen and oxygen atoms in total. The summed E-state index contributed by atoms with van der Waals surface area (Å²) >= 11 is 3.71. The second-order valence-corrected chi connectivity index (χ2v) is 11.1. The summed E-state index contributed by atoms with van der Waals surface area (Å²) in [6, 6.07) is 6.30. The molecular weight excluding hydrogens is 490 g/mol. The molecule has 1 aromatic rings. The van der Waals surface area contributed by atoms with Gasteiger partial charge in [0.25, 0.3) is 0 Å². The van der Waals surface area contributed by atoms with E-state index in [-0.39, 0.29) is 0 Å². The van der Waals surface area contributed by atoms with Crippen molar-refractivity contribution in [2.24, 2.45) is 11.8 Å². The minimum atomic E-state index is 0.362. The highest BCUT2D eigenvalue weighted by Gasteiger charge is 2.24. The van der Waals surface area contributed by atoms with E-state index in [4.69, 9.17) is 4.74 Å². The third-order valence-corrected chi connectivity index (χ3v) is 8.74. The number of benzene rings is 1. The number of ether oxygens (including phenoxy) is 1. The zero-order chi connectivity index (χ0) is 24.3. The molecule has 34 heavy (non-hydrogen) atoms. The maximum Gasteiger partial charge on any atom is 0.223 e. The SMILES string of the molecule is CCN(CC)CCC(=O)N1CCCC(CCCN2CCC(Cc3cc(OC)ccc3Br)CC2)C1. The largest absolute Gasteiger partial charge is 0.497 e. The second-order valence-electron chi connectivity index (χ2n) is 10.2. The number of likely N-dealkylation sites (tertiary alicyclic amines) is 2. The summed E-state index contributed by atoms with van der Waals surface area (Å²) in [4.78, 5) is 19.9. The van der Waals surface area contributed by atoms with E-state index in [1.54, 1.807) is 7.11 Å². The Bertz CT molecular complexity index is 747. The molecule has 2 aliphatic heterocycles. The van der Waals surface area contributed by atoms with Crippen LogP contribution in [0, 0.1) is 11.8 Å². The molecule has 0 aromatic heterocycles. The fraction of sp³-hybridized carbons (Fsp3) is 0.750. The Morgan fingerprint density at radius 1 is 1.12 bits per heavy atom. The lowest BCUT2D eigenvalue weighted by atomic mass is 9.89. The maximum atomic E-state index is 12.7. The maximum absolute atomic E-state index is 12.7. The van der Waals surface area contributed by atoms with E-state index in [2.05, 4.69) is 56.6 Å². The van der Waals surface area contributed by atoms with Gasteiger partial charge in [0.1, 0.15) is 5.75 Å². The summed E-state index contributed by atoms with van der Waals surface area (Å²) < 4.78 is 6.61.